The van der Waals surface area contributed by atoms with E-state index in [-0.39, 0.29) is 25.5 Å². The zero-order valence-corrected chi connectivity index (χ0v) is 15.5. The normalized spacial score (nSPS) is 18.6. The second-order valence-corrected chi connectivity index (χ2v) is 8.21. The minimum atomic E-state index is -3.22. The smallest absolute Gasteiger partial charge is 0.408 e. The number of sulfone groups is 1. The first-order valence-corrected chi connectivity index (χ1v) is 10.2. The number of β-lactam (4-membered cyclic amide) rings is 1. The molecular weight excluding hydrogens is 378 g/mol. The van der Waals surface area contributed by atoms with Crippen molar-refractivity contribution in [2.24, 2.45) is 0 Å². The molecule has 0 radical (unpaired) electrons. The lowest BCUT2D eigenvalue weighted by Crippen LogP contribution is -2.71. The van der Waals surface area contributed by atoms with E-state index in [9.17, 15) is 22.8 Å². The number of ether oxygens (including phenoxy) is 2. The number of rotatable bonds is 8. The molecule has 2 atom stereocenters. The first-order chi connectivity index (χ1) is 12.7. The van der Waals surface area contributed by atoms with Crippen LogP contribution in [0.4, 0.5) is 9.59 Å². The highest BCUT2D eigenvalue weighted by molar-refractivity contribution is 7.90. The van der Waals surface area contributed by atoms with Gasteiger partial charge in [0, 0.05) is 12.8 Å². The molecule has 10 nitrogen and oxygen atoms in total. The van der Waals surface area contributed by atoms with Gasteiger partial charge in [0.15, 0.2) is 9.84 Å². The summed E-state index contributed by atoms with van der Waals surface area (Å²) in [4.78, 5) is 34.9. The molecule has 3 amide bonds. The summed E-state index contributed by atoms with van der Waals surface area (Å²) >= 11 is 0. The fourth-order valence-corrected chi connectivity index (χ4v) is 2.59. The van der Waals surface area contributed by atoms with E-state index in [1.165, 1.54) is 0 Å². The van der Waals surface area contributed by atoms with Crippen LogP contribution in [0.5, 0.6) is 0 Å². The van der Waals surface area contributed by atoms with Crippen LogP contribution in [-0.4, -0.2) is 63.8 Å². The third kappa shape index (κ3) is 7.13. The lowest BCUT2D eigenvalue weighted by atomic mass is 9.99. The van der Waals surface area contributed by atoms with Crippen LogP contribution in [0.3, 0.4) is 0 Å². The number of carbonyl (C=O) groups excluding carboxylic acids is 3. The topological polar surface area (TPSA) is 140 Å². The summed E-state index contributed by atoms with van der Waals surface area (Å²) in [6.07, 6.45) is -0.532. The largest absolute Gasteiger partial charge is 0.448 e. The molecule has 1 fully saturated rings. The van der Waals surface area contributed by atoms with E-state index in [0.29, 0.717) is 0 Å². The zero-order chi connectivity index (χ0) is 19.9. The van der Waals surface area contributed by atoms with Crippen LogP contribution in [0.15, 0.2) is 30.3 Å². The first-order valence-electron chi connectivity index (χ1n) is 8.10. The van der Waals surface area contributed by atoms with Crippen LogP contribution in [0.1, 0.15) is 5.56 Å². The second-order valence-electron chi connectivity index (χ2n) is 5.95. The summed E-state index contributed by atoms with van der Waals surface area (Å²) in [7, 11) is -3.22. The van der Waals surface area contributed by atoms with Crippen LogP contribution in [0, 0.1) is 0 Å². The maximum Gasteiger partial charge on any atom is 0.408 e. The molecule has 11 heteroatoms. The summed E-state index contributed by atoms with van der Waals surface area (Å²) in [5.74, 6) is -0.679. The molecule has 0 saturated carbocycles. The van der Waals surface area contributed by atoms with Gasteiger partial charge in [-0.1, -0.05) is 30.3 Å². The summed E-state index contributed by atoms with van der Waals surface area (Å²) in [5.41, 5.74) is 0.806. The summed E-state index contributed by atoms with van der Waals surface area (Å²) in [6.45, 7) is -0.196. The summed E-state index contributed by atoms with van der Waals surface area (Å²) in [6, 6.07) is 7.69. The van der Waals surface area contributed by atoms with Gasteiger partial charge in [-0.05, 0) is 5.56 Å². The standard InChI is InChI=1S/C16H21N3O7S/c1-27(23,24)8-7-25-15(21)17-9-12-13(14(20)18-12)19-16(22)26-10-11-5-3-2-4-6-11/h2-6,12-13H,7-10H2,1H3,(H,17,21)(H,18,20)(H,19,22)/t12-,13+/m0/s1. The Morgan fingerprint density at radius 3 is 2.48 bits per heavy atom. The van der Waals surface area contributed by atoms with Crippen LogP contribution in [0.25, 0.3) is 0 Å². The minimum absolute atomic E-state index is 0.00702. The Labute approximate surface area is 156 Å². The van der Waals surface area contributed by atoms with Crippen LogP contribution < -0.4 is 16.0 Å². The van der Waals surface area contributed by atoms with Gasteiger partial charge in [0.2, 0.25) is 5.91 Å². The fourth-order valence-electron chi connectivity index (χ4n) is 2.20. The number of nitrogens with one attached hydrogen (secondary N) is 3. The van der Waals surface area contributed by atoms with E-state index in [1.807, 2.05) is 18.2 Å². The molecule has 0 aliphatic carbocycles. The molecule has 0 unspecified atom stereocenters. The Bertz CT molecular complexity index is 782. The highest BCUT2D eigenvalue weighted by atomic mass is 32.2. The SMILES string of the molecule is CS(=O)(=O)CCOC(=O)NC[C@@H]1NC(=O)[C@@H]1NC(=O)OCc1ccccc1. The molecule has 1 aromatic carbocycles. The van der Waals surface area contributed by atoms with Gasteiger partial charge in [0.25, 0.3) is 0 Å². The quantitative estimate of drug-likeness (QED) is 0.503. The highest BCUT2D eigenvalue weighted by Crippen LogP contribution is 2.07. The van der Waals surface area contributed by atoms with Crippen molar-refractivity contribution in [2.45, 2.75) is 18.7 Å². The Balaban J connectivity index is 1.68. The highest BCUT2D eigenvalue weighted by Gasteiger charge is 2.40. The monoisotopic (exact) mass is 399 g/mol. The van der Waals surface area contributed by atoms with E-state index in [1.54, 1.807) is 12.1 Å². The van der Waals surface area contributed by atoms with E-state index in [4.69, 9.17) is 9.47 Å². The van der Waals surface area contributed by atoms with Gasteiger partial charge >= 0.3 is 12.2 Å². The molecular formula is C16H21N3O7S. The van der Waals surface area contributed by atoms with Gasteiger partial charge in [-0.2, -0.15) is 0 Å². The molecule has 0 spiro atoms. The molecule has 3 N–H and O–H groups in total. The molecule has 1 aliphatic heterocycles. The molecule has 2 rings (SSSR count). The van der Waals surface area contributed by atoms with E-state index in [2.05, 4.69) is 16.0 Å². The van der Waals surface area contributed by atoms with Crippen LogP contribution in [-0.2, 0) is 30.7 Å². The molecule has 1 aliphatic rings. The van der Waals surface area contributed by atoms with Gasteiger partial charge in [-0.3, -0.25) is 4.79 Å². The van der Waals surface area contributed by atoms with E-state index >= 15 is 0 Å². The Hall–Kier alpha value is -2.82. The van der Waals surface area contributed by atoms with Gasteiger partial charge in [-0.15, -0.1) is 0 Å². The average Bonchev–Trinajstić information content (AvgIpc) is 2.61. The van der Waals surface area contributed by atoms with Crippen molar-refractivity contribution in [3.63, 3.8) is 0 Å². The third-order valence-corrected chi connectivity index (χ3v) is 4.56. The van der Waals surface area contributed by atoms with Crippen molar-refractivity contribution in [3.8, 4) is 0 Å². The van der Waals surface area contributed by atoms with Crippen molar-refractivity contribution in [1.82, 2.24) is 16.0 Å². The molecule has 1 saturated heterocycles. The fraction of sp³-hybridized carbons (Fsp3) is 0.438. The molecule has 0 bridgehead atoms. The zero-order valence-electron chi connectivity index (χ0n) is 14.6. The minimum Gasteiger partial charge on any atom is -0.448 e. The Kier molecular flexibility index (Phi) is 6.99. The number of amides is 3. The predicted molar refractivity (Wildman–Crippen MR) is 94.5 cm³/mol. The average molecular weight is 399 g/mol. The molecule has 0 aromatic heterocycles. The number of carbonyl (C=O) groups is 3. The van der Waals surface area contributed by atoms with E-state index in [0.717, 1.165) is 11.8 Å². The molecule has 1 aromatic rings. The number of hydrogen-bond acceptors (Lipinski definition) is 7. The maximum atomic E-state index is 11.8. The van der Waals surface area contributed by atoms with Crippen molar-refractivity contribution < 1.29 is 32.3 Å². The lowest BCUT2D eigenvalue weighted by Gasteiger charge is -2.36. The van der Waals surface area contributed by atoms with Crippen LogP contribution >= 0.6 is 0 Å². The molecule has 1 heterocycles. The van der Waals surface area contributed by atoms with Crippen molar-refractivity contribution in [3.05, 3.63) is 35.9 Å². The van der Waals surface area contributed by atoms with Crippen molar-refractivity contribution in [2.75, 3.05) is 25.2 Å². The van der Waals surface area contributed by atoms with Gasteiger partial charge in [-0.25, -0.2) is 18.0 Å². The number of hydrogen-bond donors (Lipinski definition) is 3. The predicted octanol–water partition coefficient (Wildman–Crippen LogP) is -0.449. The maximum absolute atomic E-state index is 11.8. The van der Waals surface area contributed by atoms with E-state index < -0.39 is 40.0 Å². The summed E-state index contributed by atoms with van der Waals surface area (Å²) in [5, 5.41) is 7.35. The Morgan fingerprint density at radius 2 is 1.85 bits per heavy atom. The van der Waals surface area contributed by atoms with Gasteiger partial charge < -0.3 is 25.4 Å². The Morgan fingerprint density at radius 1 is 1.15 bits per heavy atom. The number of benzene rings is 1. The number of alkyl carbamates (subject to hydrolysis) is 2. The lowest BCUT2D eigenvalue weighted by molar-refractivity contribution is -0.131. The van der Waals surface area contributed by atoms with Gasteiger partial charge in [0.05, 0.1) is 11.8 Å². The first kappa shape index (κ1) is 20.5. The second kappa shape index (κ2) is 9.21. The third-order valence-electron chi connectivity index (χ3n) is 3.65. The van der Waals surface area contributed by atoms with Crippen molar-refractivity contribution >= 4 is 27.9 Å². The van der Waals surface area contributed by atoms with Gasteiger partial charge in [0.1, 0.15) is 19.3 Å². The molecule has 27 heavy (non-hydrogen) atoms. The van der Waals surface area contributed by atoms with Crippen molar-refractivity contribution in [1.29, 1.82) is 0 Å². The van der Waals surface area contributed by atoms with Crippen LogP contribution in [0.2, 0.25) is 0 Å². The molecule has 148 valence electrons. The summed E-state index contributed by atoms with van der Waals surface area (Å²) < 4.78 is 31.7.